The smallest absolute Gasteiger partial charge is 0.197 e. The van der Waals surface area contributed by atoms with E-state index in [2.05, 4.69) is 24.9 Å². The quantitative estimate of drug-likeness (QED) is 0.467. The van der Waals surface area contributed by atoms with Crippen LogP contribution in [0.5, 0.6) is 0 Å². The normalized spacial score (nSPS) is 16.3. The van der Waals surface area contributed by atoms with Crippen molar-refractivity contribution in [2.45, 2.75) is 26.2 Å². The van der Waals surface area contributed by atoms with Crippen LogP contribution in [0.15, 0.2) is 52.6 Å². The second-order valence-corrected chi connectivity index (χ2v) is 7.69. The number of rotatable bonds is 1. The summed E-state index contributed by atoms with van der Waals surface area (Å²) in [6, 6.07) is 11.0. The van der Waals surface area contributed by atoms with Crippen molar-refractivity contribution in [1.29, 1.82) is 0 Å². The number of carbonyl (C=O) groups is 2. The second kappa shape index (κ2) is 5.13. The van der Waals surface area contributed by atoms with Crippen LogP contribution >= 0.6 is 0 Å². The van der Waals surface area contributed by atoms with Gasteiger partial charge in [0.05, 0.1) is 5.57 Å². The van der Waals surface area contributed by atoms with E-state index in [1.54, 1.807) is 30.3 Å². The molecule has 2 heterocycles. The van der Waals surface area contributed by atoms with Crippen molar-refractivity contribution in [2.24, 2.45) is 0 Å². The molecular weight excluding hydrogens is 338 g/mol. The van der Waals surface area contributed by atoms with Crippen LogP contribution < -0.4 is 0 Å². The van der Waals surface area contributed by atoms with Crippen LogP contribution in [-0.2, 0) is 5.41 Å². The maximum atomic E-state index is 12.6. The maximum Gasteiger partial charge on any atom is 0.197 e. The monoisotopic (exact) mass is 355 g/mol. The highest BCUT2D eigenvalue weighted by Gasteiger charge is 2.40. The zero-order chi connectivity index (χ0) is 18.9. The molecule has 0 atom stereocenters. The van der Waals surface area contributed by atoms with Crippen molar-refractivity contribution < 1.29 is 14.0 Å². The molecule has 2 aromatic heterocycles. The molecule has 0 saturated carbocycles. The Balaban J connectivity index is 1.63. The summed E-state index contributed by atoms with van der Waals surface area (Å²) in [5.74, 6) is 0.726. The zero-order valence-electron chi connectivity index (χ0n) is 15.3. The van der Waals surface area contributed by atoms with Crippen molar-refractivity contribution in [1.82, 2.24) is 4.98 Å². The first-order valence-electron chi connectivity index (χ1n) is 8.90. The molecule has 0 aliphatic heterocycles. The Labute approximate surface area is 156 Å². The Morgan fingerprint density at radius 3 is 2.33 bits per heavy atom. The second-order valence-electron chi connectivity index (χ2n) is 7.69. The largest absolute Gasteiger partial charge is 0.455 e. The minimum absolute atomic E-state index is 0.151. The molecule has 132 valence electrons. The van der Waals surface area contributed by atoms with Crippen LogP contribution in [0, 0.1) is 6.92 Å². The van der Waals surface area contributed by atoms with Gasteiger partial charge in [-0.05, 0) is 30.2 Å². The highest BCUT2D eigenvalue weighted by Crippen LogP contribution is 2.49. The number of hydrogen-bond donors (Lipinski definition) is 0. The summed E-state index contributed by atoms with van der Waals surface area (Å²) in [5, 5.41) is 0. The van der Waals surface area contributed by atoms with Crippen LogP contribution in [0.25, 0.3) is 17.5 Å². The summed E-state index contributed by atoms with van der Waals surface area (Å²) in [5.41, 5.74) is 4.92. The fraction of sp³-hybridized carbons (Fsp3) is 0.174. The third kappa shape index (κ3) is 2.07. The molecule has 0 N–H and O–H groups in total. The molecule has 1 aromatic carbocycles. The van der Waals surface area contributed by atoms with Gasteiger partial charge in [0, 0.05) is 28.3 Å². The van der Waals surface area contributed by atoms with Gasteiger partial charge in [-0.1, -0.05) is 44.2 Å². The van der Waals surface area contributed by atoms with Gasteiger partial charge in [-0.3, -0.25) is 14.6 Å². The first-order valence-corrected chi connectivity index (χ1v) is 8.90. The van der Waals surface area contributed by atoms with Gasteiger partial charge < -0.3 is 4.42 Å². The third-order valence-corrected chi connectivity index (χ3v) is 5.53. The fourth-order valence-electron chi connectivity index (χ4n) is 4.04. The average Bonchev–Trinajstić information content (AvgIpc) is 3.24. The Morgan fingerprint density at radius 1 is 1.00 bits per heavy atom. The SMILES string of the molecule is Cc1cnc2c(c1)C(C)(C)c1cc(C=C3C(=O)c4ccccc4C3=O)oc1-2. The summed E-state index contributed by atoms with van der Waals surface area (Å²) in [6.07, 6.45) is 3.39. The van der Waals surface area contributed by atoms with Gasteiger partial charge in [0.1, 0.15) is 11.5 Å². The zero-order valence-corrected chi connectivity index (χ0v) is 15.3. The first-order chi connectivity index (χ1) is 12.9. The van der Waals surface area contributed by atoms with Gasteiger partial charge in [-0.2, -0.15) is 0 Å². The minimum Gasteiger partial charge on any atom is -0.455 e. The summed E-state index contributed by atoms with van der Waals surface area (Å²) >= 11 is 0. The van der Waals surface area contributed by atoms with Crippen LogP contribution in [0.2, 0.25) is 0 Å². The van der Waals surface area contributed by atoms with Crippen molar-refractivity contribution in [2.75, 3.05) is 0 Å². The van der Waals surface area contributed by atoms with Crippen molar-refractivity contribution in [3.8, 4) is 11.5 Å². The van der Waals surface area contributed by atoms with E-state index in [4.69, 9.17) is 4.42 Å². The average molecular weight is 355 g/mol. The Kier molecular flexibility index (Phi) is 3.03. The van der Waals surface area contributed by atoms with Crippen LogP contribution in [0.4, 0.5) is 0 Å². The number of pyridine rings is 1. The Morgan fingerprint density at radius 2 is 1.67 bits per heavy atom. The topological polar surface area (TPSA) is 60.2 Å². The lowest BCUT2D eigenvalue weighted by Gasteiger charge is -2.19. The Bertz CT molecular complexity index is 1160. The summed E-state index contributed by atoms with van der Waals surface area (Å²) in [6.45, 7) is 6.29. The highest BCUT2D eigenvalue weighted by molar-refractivity contribution is 6.41. The molecule has 5 rings (SSSR count). The van der Waals surface area contributed by atoms with E-state index in [9.17, 15) is 9.59 Å². The van der Waals surface area contributed by atoms with E-state index in [0.29, 0.717) is 16.9 Å². The molecule has 0 bridgehead atoms. The van der Waals surface area contributed by atoms with E-state index in [1.165, 1.54) is 0 Å². The predicted molar refractivity (Wildman–Crippen MR) is 102 cm³/mol. The number of carbonyl (C=O) groups excluding carboxylic acids is 2. The molecule has 0 amide bonds. The number of ketones is 2. The van der Waals surface area contributed by atoms with E-state index in [1.807, 2.05) is 19.2 Å². The van der Waals surface area contributed by atoms with Crippen molar-refractivity contribution in [3.63, 3.8) is 0 Å². The molecular formula is C23H17NO3. The lowest BCUT2D eigenvalue weighted by molar-refractivity contribution is 0.0990. The number of aromatic nitrogens is 1. The number of aryl methyl sites for hydroxylation is 1. The maximum absolute atomic E-state index is 12.6. The number of benzene rings is 1. The fourth-order valence-corrected chi connectivity index (χ4v) is 4.04. The van der Waals surface area contributed by atoms with Crippen molar-refractivity contribution >= 4 is 17.6 Å². The number of allylic oxidation sites excluding steroid dienone is 1. The molecule has 4 nitrogen and oxygen atoms in total. The van der Waals surface area contributed by atoms with Gasteiger partial charge in [0.2, 0.25) is 0 Å². The van der Waals surface area contributed by atoms with Crippen LogP contribution in [-0.4, -0.2) is 16.6 Å². The van der Waals surface area contributed by atoms with E-state index < -0.39 is 0 Å². The molecule has 0 saturated heterocycles. The molecule has 2 aliphatic carbocycles. The van der Waals surface area contributed by atoms with Gasteiger partial charge in [0.15, 0.2) is 17.3 Å². The first kappa shape index (κ1) is 15.9. The van der Waals surface area contributed by atoms with Gasteiger partial charge >= 0.3 is 0 Å². The number of hydrogen-bond acceptors (Lipinski definition) is 4. The highest BCUT2D eigenvalue weighted by atomic mass is 16.3. The molecule has 27 heavy (non-hydrogen) atoms. The lowest BCUT2D eigenvalue weighted by Crippen LogP contribution is -2.14. The molecule has 0 spiro atoms. The molecule has 2 aliphatic rings. The molecule has 4 heteroatoms. The Hall–Kier alpha value is -3.27. The molecule has 0 radical (unpaired) electrons. The molecule has 0 unspecified atom stereocenters. The summed E-state index contributed by atoms with van der Waals surface area (Å²) < 4.78 is 6.04. The van der Waals surface area contributed by atoms with E-state index in [-0.39, 0.29) is 22.6 Å². The van der Waals surface area contributed by atoms with Crippen LogP contribution in [0.1, 0.15) is 57.0 Å². The number of fused-ring (bicyclic) bond motifs is 4. The lowest BCUT2D eigenvalue weighted by atomic mass is 9.83. The van der Waals surface area contributed by atoms with Gasteiger partial charge in [-0.15, -0.1) is 0 Å². The van der Waals surface area contributed by atoms with E-state index in [0.717, 1.165) is 28.1 Å². The molecule has 3 aromatic rings. The van der Waals surface area contributed by atoms with E-state index >= 15 is 0 Å². The van der Waals surface area contributed by atoms with Crippen LogP contribution in [0.3, 0.4) is 0 Å². The third-order valence-electron chi connectivity index (χ3n) is 5.53. The predicted octanol–water partition coefficient (Wildman–Crippen LogP) is 4.75. The standard InChI is InChI=1S/C23H17NO3/c1-12-8-17-19(24-11-12)22-18(23(17,2)3)10-13(27-22)9-16-20(25)14-6-4-5-7-15(14)21(16)26/h4-11H,1-3H3. The number of nitrogens with zero attached hydrogens (tertiary/aromatic N) is 1. The minimum atomic E-state index is -0.249. The number of furan rings is 1. The van der Waals surface area contributed by atoms with Crippen molar-refractivity contribution in [3.05, 3.63) is 81.7 Å². The summed E-state index contributed by atoms with van der Waals surface area (Å²) in [4.78, 5) is 29.8. The summed E-state index contributed by atoms with van der Waals surface area (Å²) in [7, 11) is 0. The number of Topliss-reactive ketones (excluding diaryl/α,β-unsaturated/α-hetero) is 2. The molecule has 0 fully saturated rings. The van der Waals surface area contributed by atoms with Gasteiger partial charge in [-0.25, -0.2) is 0 Å². The van der Waals surface area contributed by atoms with Gasteiger partial charge in [0.25, 0.3) is 0 Å².